The number of hydrogen-bond donors (Lipinski definition) is 1. The van der Waals surface area contributed by atoms with Crippen molar-refractivity contribution in [3.8, 4) is 0 Å². The van der Waals surface area contributed by atoms with Gasteiger partial charge in [0.2, 0.25) is 0 Å². The number of morpholine rings is 1. The second-order valence-electron chi connectivity index (χ2n) is 4.93. The number of methoxy groups -OCH3 is 1. The van der Waals surface area contributed by atoms with Gasteiger partial charge in [0.05, 0.1) is 26.9 Å². The highest BCUT2D eigenvalue weighted by Crippen LogP contribution is 2.19. The quantitative estimate of drug-likeness (QED) is 0.656. The molecule has 0 aliphatic carbocycles. The van der Waals surface area contributed by atoms with Gasteiger partial charge in [-0.25, -0.2) is 4.79 Å². The fraction of sp³-hybridized carbons (Fsp3) is 0.571. The molecule has 0 spiro atoms. The molecule has 1 aromatic heterocycles. The van der Waals surface area contributed by atoms with E-state index in [0.29, 0.717) is 42.3 Å². The monoisotopic (exact) mass is 280 g/mol. The molecule has 0 amide bonds. The Labute approximate surface area is 118 Å². The van der Waals surface area contributed by atoms with Crippen molar-refractivity contribution in [3.05, 3.63) is 22.5 Å². The summed E-state index contributed by atoms with van der Waals surface area (Å²) in [6.45, 7) is 6.76. The maximum absolute atomic E-state index is 12.4. The molecular weight excluding hydrogens is 260 g/mol. The third kappa shape index (κ3) is 2.91. The molecule has 1 fully saturated rings. The molecular formula is C14H20N2O4. The highest BCUT2D eigenvalue weighted by Gasteiger charge is 2.24. The van der Waals surface area contributed by atoms with Gasteiger partial charge in [-0.3, -0.25) is 9.69 Å². The van der Waals surface area contributed by atoms with Gasteiger partial charge < -0.3 is 14.5 Å². The lowest BCUT2D eigenvalue weighted by molar-refractivity contribution is 0.0371. The van der Waals surface area contributed by atoms with Crippen LogP contribution < -0.4 is 0 Å². The zero-order chi connectivity index (χ0) is 14.7. The van der Waals surface area contributed by atoms with Crippen molar-refractivity contribution < 1.29 is 19.1 Å². The zero-order valence-electron chi connectivity index (χ0n) is 12.1. The van der Waals surface area contributed by atoms with Crippen LogP contribution in [-0.4, -0.2) is 61.6 Å². The molecule has 0 bridgehead atoms. The Balaban J connectivity index is 2.17. The van der Waals surface area contributed by atoms with Gasteiger partial charge >= 0.3 is 5.97 Å². The number of hydrogen-bond acceptors (Lipinski definition) is 5. The third-order valence-electron chi connectivity index (χ3n) is 3.58. The number of aromatic amines is 1. The molecule has 1 aliphatic rings. The van der Waals surface area contributed by atoms with Gasteiger partial charge in [-0.1, -0.05) is 0 Å². The van der Waals surface area contributed by atoms with Crippen LogP contribution in [0, 0.1) is 13.8 Å². The number of H-pyrrole nitrogens is 1. The highest BCUT2D eigenvalue weighted by atomic mass is 16.5. The number of ketones is 1. The smallest absolute Gasteiger partial charge is 0.354 e. The standard InChI is InChI=1S/C14H20N2O4/c1-9-12(10(2)15-13(9)14(18)19-3)11(17)8-16-4-6-20-7-5-16/h15H,4-8H2,1-3H3. The molecule has 0 radical (unpaired) electrons. The van der Waals surface area contributed by atoms with Crippen molar-refractivity contribution in [2.24, 2.45) is 0 Å². The van der Waals surface area contributed by atoms with Gasteiger partial charge in [-0.05, 0) is 19.4 Å². The topological polar surface area (TPSA) is 71.6 Å². The summed E-state index contributed by atoms with van der Waals surface area (Å²) in [5.41, 5.74) is 2.32. The van der Waals surface area contributed by atoms with Crippen molar-refractivity contribution in [2.75, 3.05) is 40.0 Å². The summed E-state index contributed by atoms with van der Waals surface area (Å²) in [7, 11) is 1.33. The lowest BCUT2D eigenvalue weighted by Gasteiger charge is -2.25. The van der Waals surface area contributed by atoms with Gasteiger partial charge in [0, 0.05) is 24.3 Å². The van der Waals surface area contributed by atoms with Crippen LogP contribution in [0.15, 0.2) is 0 Å². The summed E-state index contributed by atoms with van der Waals surface area (Å²) >= 11 is 0. The van der Waals surface area contributed by atoms with Crippen molar-refractivity contribution >= 4 is 11.8 Å². The van der Waals surface area contributed by atoms with E-state index in [2.05, 4.69) is 9.88 Å². The van der Waals surface area contributed by atoms with Crippen LogP contribution in [0.2, 0.25) is 0 Å². The summed E-state index contributed by atoms with van der Waals surface area (Å²) < 4.78 is 9.97. The lowest BCUT2D eigenvalue weighted by Crippen LogP contribution is -2.39. The number of ether oxygens (including phenoxy) is 2. The average molecular weight is 280 g/mol. The van der Waals surface area contributed by atoms with Gasteiger partial charge in [-0.2, -0.15) is 0 Å². The molecule has 2 rings (SSSR count). The molecule has 0 saturated carbocycles. The minimum atomic E-state index is -0.448. The van der Waals surface area contributed by atoms with E-state index in [4.69, 9.17) is 9.47 Å². The van der Waals surface area contributed by atoms with E-state index in [1.54, 1.807) is 13.8 Å². The Morgan fingerprint density at radius 2 is 1.95 bits per heavy atom. The average Bonchev–Trinajstić information content (AvgIpc) is 2.74. The molecule has 0 unspecified atom stereocenters. The van der Waals surface area contributed by atoms with E-state index in [0.717, 1.165) is 13.1 Å². The second-order valence-corrected chi connectivity index (χ2v) is 4.93. The largest absolute Gasteiger partial charge is 0.464 e. The zero-order valence-corrected chi connectivity index (χ0v) is 12.1. The van der Waals surface area contributed by atoms with E-state index < -0.39 is 5.97 Å². The second kappa shape index (κ2) is 6.19. The Kier molecular flexibility index (Phi) is 4.57. The van der Waals surface area contributed by atoms with Gasteiger partial charge in [0.1, 0.15) is 5.69 Å². The maximum Gasteiger partial charge on any atom is 0.354 e. The molecule has 1 N–H and O–H groups in total. The third-order valence-corrected chi connectivity index (χ3v) is 3.58. The van der Waals surface area contributed by atoms with Crippen molar-refractivity contribution in [1.82, 2.24) is 9.88 Å². The maximum atomic E-state index is 12.4. The van der Waals surface area contributed by atoms with Crippen LogP contribution in [0.3, 0.4) is 0 Å². The number of esters is 1. The van der Waals surface area contributed by atoms with E-state index in [1.165, 1.54) is 7.11 Å². The van der Waals surface area contributed by atoms with Crippen LogP contribution in [0.25, 0.3) is 0 Å². The number of aromatic nitrogens is 1. The van der Waals surface area contributed by atoms with E-state index in [-0.39, 0.29) is 5.78 Å². The van der Waals surface area contributed by atoms with Gasteiger partial charge in [-0.15, -0.1) is 0 Å². The Morgan fingerprint density at radius 3 is 2.55 bits per heavy atom. The minimum absolute atomic E-state index is 0.0216. The van der Waals surface area contributed by atoms with Crippen LogP contribution in [0.5, 0.6) is 0 Å². The predicted octanol–water partition coefficient (Wildman–Crippen LogP) is 0.933. The first-order chi connectivity index (χ1) is 9.54. The van der Waals surface area contributed by atoms with Crippen molar-refractivity contribution in [1.29, 1.82) is 0 Å². The molecule has 2 heterocycles. The molecule has 6 nitrogen and oxygen atoms in total. The molecule has 0 atom stereocenters. The molecule has 20 heavy (non-hydrogen) atoms. The molecule has 1 aromatic rings. The van der Waals surface area contributed by atoms with Crippen LogP contribution in [0.1, 0.15) is 32.1 Å². The van der Waals surface area contributed by atoms with Crippen LogP contribution in [0.4, 0.5) is 0 Å². The Bertz CT molecular complexity index is 515. The van der Waals surface area contributed by atoms with E-state index >= 15 is 0 Å². The first-order valence-electron chi connectivity index (χ1n) is 6.65. The first-order valence-corrected chi connectivity index (χ1v) is 6.65. The Hall–Kier alpha value is -1.66. The predicted molar refractivity (Wildman–Crippen MR) is 73.2 cm³/mol. The highest BCUT2D eigenvalue weighted by molar-refractivity contribution is 6.03. The van der Waals surface area contributed by atoms with Gasteiger partial charge in [0.15, 0.2) is 5.78 Å². The van der Waals surface area contributed by atoms with Crippen molar-refractivity contribution in [3.63, 3.8) is 0 Å². The summed E-state index contributed by atoms with van der Waals surface area (Å²) in [6, 6.07) is 0. The number of carbonyl (C=O) groups is 2. The Morgan fingerprint density at radius 1 is 1.30 bits per heavy atom. The molecule has 1 saturated heterocycles. The van der Waals surface area contributed by atoms with Crippen LogP contribution in [-0.2, 0) is 9.47 Å². The van der Waals surface area contributed by atoms with Gasteiger partial charge in [0.25, 0.3) is 0 Å². The fourth-order valence-electron chi connectivity index (χ4n) is 2.52. The van der Waals surface area contributed by atoms with E-state index in [1.807, 2.05) is 0 Å². The number of rotatable bonds is 4. The minimum Gasteiger partial charge on any atom is -0.464 e. The molecule has 0 aromatic carbocycles. The fourth-order valence-corrected chi connectivity index (χ4v) is 2.52. The number of Topliss-reactive ketones (excluding diaryl/α,β-unsaturated/α-hetero) is 1. The number of nitrogens with zero attached hydrogens (tertiary/aromatic N) is 1. The first kappa shape index (κ1) is 14.7. The summed E-state index contributed by atoms with van der Waals surface area (Å²) in [6.07, 6.45) is 0. The SMILES string of the molecule is COC(=O)c1[nH]c(C)c(C(=O)CN2CCOCC2)c1C. The number of carbonyl (C=O) groups excluding carboxylic acids is 2. The lowest BCUT2D eigenvalue weighted by atomic mass is 10.1. The molecule has 1 aliphatic heterocycles. The summed E-state index contributed by atoms with van der Waals surface area (Å²) in [4.78, 5) is 29.1. The van der Waals surface area contributed by atoms with Crippen LogP contribution >= 0.6 is 0 Å². The summed E-state index contributed by atoms with van der Waals surface area (Å²) in [5.74, 6) is -0.427. The molecule has 6 heteroatoms. The molecule has 110 valence electrons. The number of aryl methyl sites for hydroxylation is 1. The van der Waals surface area contributed by atoms with Crippen molar-refractivity contribution in [2.45, 2.75) is 13.8 Å². The summed E-state index contributed by atoms with van der Waals surface area (Å²) in [5, 5.41) is 0. The van der Waals surface area contributed by atoms with E-state index in [9.17, 15) is 9.59 Å². The number of nitrogens with one attached hydrogen (secondary N) is 1. The normalized spacial score (nSPS) is 16.1.